The molecule has 1 amide bonds. The number of hydrogen-bond donors (Lipinski definition) is 1. The third kappa shape index (κ3) is 4.37. The third-order valence-electron chi connectivity index (χ3n) is 5.78. The largest absolute Gasteiger partial charge is 0.497 e. The Morgan fingerprint density at radius 3 is 2.80 bits per heavy atom. The summed E-state index contributed by atoms with van der Waals surface area (Å²) in [6.07, 6.45) is 1.47. The standard InChI is InChI=1S/C25H24N6O4/c1-15-7-8-20-19(9-15)23-24(25(33)30(14-27-23)13-22-28-16(2)29-35-22)31(20)12-21(32)26-11-17-5-4-6-18(10-17)34-3/h4-10,14H,11-13H2,1-3H3,(H,26,32). The van der Waals surface area contributed by atoms with Crippen molar-refractivity contribution in [1.29, 1.82) is 0 Å². The van der Waals surface area contributed by atoms with E-state index >= 15 is 0 Å². The number of nitrogens with zero attached hydrogens (tertiary/aromatic N) is 5. The minimum Gasteiger partial charge on any atom is -0.497 e. The fraction of sp³-hybridized carbons (Fsp3) is 0.240. The van der Waals surface area contributed by atoms with E-state index in [0.29, 0.717) is 29.3 Å². The second-order valence-corrected chi connectivity index (χ2v) is 8.35. The second kappa shape index (κ2) is 9.05. The predicted octanol–water partition coefficient (Wildman–Crippen LogP) is 2.72. The Morgan fingerprint density at radius 1 is 1.17 bits per heavy atom. The van der Waals surface area contributed by atoms with Crippen LogP contribution in [0.1, 0.15) is 22.8 Å². The van der Waals surface area contributed by atoms with E-state index in [0.717, 1.165) is 27.8 Å². The minimum absolute atomic E-state index is 0.0341. The van der Waals surface area contributed by atoms with Crippen molar-refractivity contribution in [2.75, 3.05) is 7.11 Å². The lowest BCUT2D eigenvalue weighted by molar-refractivity contribution is -0.121. The maximum absolute atomic E-state index is 13.5. The zero-order valence-corrected chi connectivity index (χ0v) is 19.6. The molecule has 35 heavy (non-hydrogen) atoms. The molecule has 1 N–H and O–H groups in total. The van der Waals surface area contributed by atoms with Crippen LogP contribution in [0.2, 0.25) is 0 Å². The van der Waals surface area contributed by atoms with Gasteiger partial charge in [0.2, 0.25) is 11.8 Å². The maximum atomic E-state index is 13.5. The predicted molar refractivity (Wildman–Crippen MR) is 129 cm³/mol. The van der Waals surface area contributed by atoms with Gasteiger partial charge in [-0.05, 0) is 43.7 Å². The van der Waals surface area contributed by atoms with Crippen molar-refractivity contribution in [1.82, 2.24) is 29.6 Å². The Balaban J connectivity index is 1.51. The van der Waals surface area contributed by atoms with Crippen LogP contribution in [-0.2, 0) is 24.4 Å². The van der Waals surface area contributed by atoms with Crippen molar-refractivity contribution >= 4 is 27.8 Å². The summed E-state index contributed by atoms with van der Waals surface area (Å²) in [4.78, 5) is 35.2. The van der Waals surface area contributed by atoms with Crippen LogP contribution in [0.15, 0.2) is 58.1 Å². The van der Waals surface area contributed by atoms with Crippen LogP contribution in [0.4, 0.5) is 0 Å². The Labute approximate surface area is 200 Å². The lowest BCUT2D eigenvalue weighted by atomic mass is 10.1. The van der Waals surface area contributed by atoms with E-state index in [1.54, 1.807) is 18.6 Å². The van der Waals surface area contributed by atoms with E-state index in [-0.39, 0.29) is 24.6 Å². The van der Waals surface area contributed by atoms with Crippen LogP contribution < -0.4 is 15.6 Å². The first-order chi connectivity index (χ1) is 16.9. The highest BCUT2D eigenvalue weighted by Gasteiger charge is 2.19. The number of amides is 1. The summed E-state index contributed by atoms with van der Waals surface area (Å²) in [6, 6.07) is 13.3. The van der Waals surface area contributed by atoms with Crippen LogP contribution in [0.25, 0.3) is 21.9 Å². The van der Waals surface area contributed by atoms with Crippen LogP contribution in [0.3, 0.4) is 0 Å². The van der Waals surface area contributed by atoms with E-state index in [1.807, 2.05) is 49.4 Å². The zero-order valence-electron chi connectivity index (χ0n) is 19.6. The lowest BCUT2D eigenvalue weighted by Gasteiger charge is -2.10. The number of hydrogen-bond acceptors (Lipinski definition) is 7. The van der Waals surface area contributed by atoms with Crippen molar-refractivity contribution in [2.24, 2.45) is 0 Å². The summed E-state index contributed by atoms with van der Waals surface area (Å²) in [5.74, 6) is 1.28. The fourth-order valence-corrected chi connectivity index (χ4v) is 4.12. The van der Waals surface area contributed by atoms with Gasteiger partial charge in [-0.15, -0.1) is 0 Å². The number of fused-ring (bicyclic) bond motifs is 3. The highest BCUT2D eigenvalue weighted by Crippen LogP contribution is 2.26. The molecule has 0 saturated heterocycles. The SMILES string of the molecule is COc1cccc(CNC(=O)Cn2c3ccc(C)cc3c3ncn(Cc4nc(C)no4)c(=O)c32)c1. The molecule has 0 saturated carbocycles. The summed E-state index contributed by atoms with van der Waals surface area (Å²) < 4.78 is 13.5. The molecule has 5 aromatic rings. The van der Waals surface area contributed by atoms with Gasteiger partial charge in [0.15, 0.2) is 5.82 Å². The zero-order chi connectivity index (χ0) is 24.5. The highest BCUT2D eigenvalue weighted by atomic mass is 16.5. The molecule has 2 aromatic carbocycles. The minimum atomic E-state index is -0.291. The second-order valence-electron chi connectivity index (χ2n) is 8.35. The summed E-state index contributed by atoms with van der Waals surface area (Å²) in [5, 5.41) is 7.52. The first kappa shape index (κ1) is 22.3. The Hall–Kier alpha value is -4.47. The van der Waals surface area contributed by atoms with Crippen molar-refractivity contribution in [3.8, 4) is 5.75 Å². The molecule has 0 aliphatic heterocycles. The average Bonchev–Trinajstić information content (AvgIpc) is 3.40. The molecule has 3 aromatic heterocycles. The fourth-order valence-electron chi connectivity index (χ4n) is 4.12. The quantitative estimate of drug-likeness (QED) is 0.387. The molecule has 5 rings (SSSR count). The topological polar surface area (TPSA) is 117 Å². The van der Waals surface area contributed by atoms with Gasteiger partial charge in [-0.1, -0.05) is 28.9 Å². The normalized spacial score (nSPS) is 11.3. The van der Waals surface area contributed by atoms with E-state index in [2.05, 4.69) is 20.4 Å². The first-order valence-electron chi connectivity index (χ1n) is 11.1. The Bertz CT molecular complexity index is 1610. The number of ether oxygens (including phenoxy) is 1. The van der Waals surface area contributed by atoms with Crippen LogP contribution in [0.5, 0.6) is 5.75 Å². The highest BCUT2D eigenvalue weighted by molar-refractivity contribution is 6.06. The first-order valence-corrected chi connectivity index (χ1v) is 11.1. The maximum Gasteiger partial charge on any atom is 0.278 e. The van der Waals surface area contributed by atoms with E-state index < -0.39 is 0 Å². The molecular weight excluding hydrogens is 448 g/mol. The third-order valence-corrected chi connectivity index (χ3v) is 5.78. The molecule has 3 heterocycles. The molecule has 0 aliphatic rings. The van der Waals surface area contributed by atoms with Crippen molar-refractivity contribution < 1.29 is 14.1 Å². The van der Waals surface area contributed by atoms with Crippen LogP contribution >= 0.6 is 0 Å². The molecule has 0 aliphatic carbocycles. The molecule has 0 unspecified atom stereocenters. The number of methoxy groups -OCH3 is 1. The number of benzene rings is 2. The Kier molecular flexibility index (Phi) is 5.77. The van der Waals surface area contributed by atoms with E-state index in [1.165, 1.54) is 10.9 Å². The van der Waals surface area contributed by atoms with Gasteiger partial charge in [0.25, 0.3) is 5.56 Å². The summed E-state index contributed by atoms with van der Waals surface area (Å²) >= 11 is 0. The van der Waals surface area contributed by atoms with E-state index in [4.69, 9.17) is 9.26 Å². The molecule has 0 bridgehead atoms. The number of carbonyl (C=O) groups is 1. The van der Waals surface area contributed by atoms with Gasteiger partial charge in [0.1, 0.15) is 29.9 Å². The molecule has 0 fully saturated rings. The molecule has 10 heteroatoms. The monoisotopic (exact) mass is 472 g/mol. The Morgan fingerprint density at radius 2 is 2.03 bits per heavy atom. The summed E-state index contributed by atoms with van der Waals surface area (Å²) in [5.41, 5.74) is 3.31. The van der Waals surface area contributed by atoms with Crippen LogP contribution in [-0.4, -0.2) is 37.3 Å². The number of aryl methyl sites for hydroxylation is 2. The number of aromatic nitrogens is 5. The van der Waals surface area contributed by atoms with Gasteiger partial charge >= 0.3 is 0 Å². The summed E-state index contributed by atoms with van der Waals surface area (Å²) in [6.45, 7) is 4.08. The van der Waals surface area contributed by atoms with Crippen LogP contribution in [0, 0.1) is 13.8 Å². The molecule has 0 spiro atoms. The van der Waals surface area contributed by atoms with Gasteiger partial charge in [-0.2, -0.15) is 4.98 Å². The molecular formula is C25H24N6O4. The molecule has 0 atom stereocenters. The summed E-state index contributed by atoms with van der Waals surface area (Å²) in [7, 11) is 1.60. The smallest absolute Gasteiger partial charge is 0.278 e. The average molecular weight is 473 g/mol. The van der Waals surface area contributed by atoms with E-state index in [9.17, 15) is 9.59 Å². The van der Waals surface area contributed by atoms with Gasteiger partial charge in [0.05, 0.1) is 19.0 Å². The number of carbonyl (C=O) groups excluding carboxylic acids is 1. The van der Waals surface area contributed by atoms with Crippen molar-refractivity contribution in [3.05, 3.63) is 82.0 Å². The molecule has 10 nitrogen and oxygen atoms in total. The van der Waals surface area contributed by atoms with Crippen molar-refractivity contribution in [2.45, 2.75) is 33.5 Å². The molecule has 178 valence electrons. The van der Waals surface area contributed by atoms with Crippen molar-refractivity contribution in [3.63, 3.8) is 0 Å². The number of rotatable bonds is 7. The van der Waals surface area contributed by atoms with Gasteiger partial charge in [-0.25, -0.2) is 4.98 Å². The van der Waals surface area contributed by atoms with Gasteiger partial charge in [-0.3, -0.25) is 14.2 Å². The molecule has 0 radical (unpaired) electrons. The van der Waals surface area contributed by atoms with Gasteiger partial charge < -0.3 is 19.1 Å². The number of nitrogens with one attached hydrogen (secondary N) is 1. The van der Waals surface area contributed by atoms with Gasteiger partial charge in [0, 0.05) is 11.9 Å². The lowest BCUT2D eigenvalue weighted by Crippen LogP contribution is -2.29.